The van der Waals surface area contributed by atoms with Gasteiger partial charge in [-0.05, 0) is 29.8 Å². The van der Waals surface area contributed by atoms with Gasteiger partial charge < -0.3 is 10.1 Å². The molecule has 0 aliphatic carbocycles. The summed E-state index contributed by atoms with van der Waals surface area (Å²) in [5.41, 5.74) is 1.40. The van der Waals surface area contributed by atoms with Gasteiger partial charge in [0.05, 0.1) is 33.4 Å². The molecule has 2 aromatic carbocycles. The van der Waals surface area contributed by atoms with Crippen LogP contribution in [0.1, 0.15) is 16.1 Å². The predicted molar refractivity (Wildman–Crippen MR) is 122 cm³/mol. The molecular weight excluding hydrogens is 471 g/mol. The van der Waals surface area contributed by atoms with Crippen molar-refractivity contribution in [2.75, 3.05) is 5.32 Å². The van der Waals surface area contributed by atoms with Crippen molar-refractivity contribution in [1.82, 2.24) is 19.6 Å². The van der Waals surface area contributed by atoms with Crippen LogP contribution in [0.2, 0.25) is 10.0 Å². The van der Waals surface area contributed by atoms with Crippen LogP contribution in [0.15, 0.2) is 67.1 Å². The van der Waals surface area contributed by atoms with Gasteiger partial charge in [0, 0.05) is 18.5 Å². The molecule has 0 aliphatic heterocycles. The first-order valence-corrected chi connectivity index (χ1v) is 10.3. The molecule has 0 atom stereocenters. The van der Waals surface area contributed by atoms with Crippen molar-refractivity contribution in [3.05, 3.63) is 98.5 Å². The van der Waals surface area contributed by atoms with Crippen LogP contribution in [0.25, 0.3) is 0 Å². The molecule has 10 nitrogen and oxygen atoms in total. The van der Waals surface area contributed by atoms with E-state index in [1.165, 1.54) is 35.3 Å². The Balaban J connectivity index is 1.35. The minimum absolute atomic E-state index is 0.0975. The van der Waals surface area contributed by atoms with Crippen LogP contribution in [-0.4, -0.2) is 30.4 Å². The highest BCUT2D eigenvalue weighted by molar-refractivity contribution is 6.42. The molecule has 2 heterocycles. The summed E-state index contributed by atoms with van der Waals surface area (Å²) in [7, 11) is 0. The molecule has 12 heteroatoms. The number of halogens is 2. The standard InChI is InChI=1S/C21H16Cl2N6O4/c22-16-6-5-14(9-17(16)23)11-28-12-15(10-24-28)25-21(30)18-7-8-27(26-18)13-33-20-4-2-1-3-19(20)29(31)32/h1-10,12H,11,13H2,(H,25,30). The van der Waals surface area contributed by atoms with Crippen LogP contribution in [0, 0.1) is 10.1 Å². The van der Waals surface area contributed by atoms with Crippen molar-refractivity contribution in [1.29, 1.82) is 0 Å². The van der Waals surface area contributed by atoms with Gasteiger partial charge in [-0.15, -0.1) is 0 Å². The topological polar surface area (TPSA) is 117 Å². The molecule has 1 amide bonds. The number of nitro benzene ring substituents is 1. The maximum atomic E-state index is 12.5. The number of nitrogens with zero attached hydrogens (tertiary/aromatic N) is 5. The number of benzene rings is 2. The van der Waals surface area contributed by atoms with E-state index in [2.05, 4.69) is 15.5 Å². The van der Waals surface area contributed by atoms with Crippen LogP contribution in [0.3, 0.4) is 0 Å². The zero-order chi connectivity index (χ0) is 23.4. The molecule has 0 saturated carbocycles. The summed E-state index contributed by atoms with van der Waals surface area (Å²) < 4.78 is 8.48. The molecule has 4 rings (SSSR count). The minimum atomic E-state index is -0.529. The van der Waals surface area contributed by atoms with E-state index in [-0.39, 0.29) is 23.9 Å². The molecule has 0 bridgehead atoms. The highest BCUT2D eigenvalue weighted by Gasteiger charge is 2.15. The van der Waals surface area contributed by atoms with E-state index in [1.54, 1.807) is 35.1 Å². The van der Waals surface area contributed by atoms with Crippen molar-refractivity contribution < 1.29 is 14.5 Å². The van der Waals surface area contributed by atoms with E-state index in [0.717, 1.165) is 5.56 Å². The van der Waals surface area contributed by atoms with E-state index in [4.69, 9.17) is 27.9 Å². The van der Waals surface area contributed by atoms with Gasteiger partial charge >= 0.3 is 5.69 Å². The van der Waals surface area contributed by atoms with Gasteiger partial charge in [-0.25, -0.2) is 4.68 Å². The number of ether oxygens (including phenoxy) is 1. The Hall–Kier alpha value is -3.89. The minimum Gasteiger partial charge on any atom is -0.464 e. The molecule has 0 aliphatic rings. The van der Waals surface area contributed by atoms with Gasteiger partial charge in [0.15, 0.2) is 18.2 Å². The van der Waals surface area contributed by atoms with Crippen LogP contribution in [0.5, 0.6) is 5.75 Å². The van der Waals surface area contributed by atoms with E-state index < -0.39 is 10.8 Å². The van der Waals surface area contributed by atoms with Crippen LogP contribution in [-0.2, 0) is 13.3 Å². The number of para-hydroxylation sites is 2. The lowest BCUT2D eigenvalue weighted by Crippen LogP contribution is -2.14. The fourth-order valence-corrected chi connectivity index (χ4v) is 3.28. The predicted octanol–water partition coefficient (Wildman–Crippen LogP) is 4.63. The Bertz CT molecular complexity index is 1320. The Morgan fingerprint density at radius 2 is 1.94 bits per heavy atom. The van der Waals surface area contributed by atoms with Gasteiger partial charge in [-0.3, -0.25) is 19.6 Å². The van der Waals surface area contributed by atoms with Gasteiger partial charge in [0.1, 0.15) is 0 Å². The number of nitrogens with one attached hydrogen (secondary N) is 1. The summed E-state index contributed by atoms with van der Waals surface area (Å²) in [6.45, 7) is 0.351. The fourth-order valence-electron chi connectivity index (χ4n) is 2.96. The summed E-state index contributed by atoms with van der Waals surface area (Å²) in [6.07, 6.45) is 4.73. The van der Waals surface area contributed by atoms with Gasteiger partial charge in [-0.2, -0.15) is 10.2 Å². The molecule has 33 heavy (non-hydrogen) atoms. The fraction of sp³-hybridized carbons (Fsp3) is 0.0952. The lowest BCUT2D eigenvalue weighted by atomic mass is 10.2. The molecular formula is C21H16Cl2N6O4. The zero-order valence-electron chi connectivity index (χ0n) is 16.9. The monoisotopic (exact) mass is 486 g/mol. The summed E-state index contributed by atoms with van der Waals surface area (Å²) in [5, 5.41) is 23.1. The average Bonchev–Trinajstić information content (AvgIpc) is 3.44. The maximum absolute atomic E-state index is 12.5. The van der Waals surface area contributed by atoms with Crippen LogP contribution < -0.4 is 10.1 Å². The number of carbonyl (C=O) groups is 1. The van der Waals surface area contributed by atoms with Crippen LogP contribution >= 0.6 is 23.2 Å². The largest absolute Gasteiger partial charge is 0.464 e. The number of aromatic nitrogens is 4. The smallest absolute Gasteiger partial charge is 0.311 e. The quantitative estimate of drug-likeness (QED) is 0.286. The number of nitro groups is 1. The third kappa shape index (κ3) is 5.48. The highest BCUT2D eigenvalue weighted by atomic mass is 35.5. The second-order valence-electron chi connectivity index (χ2n) is 6.87. The maximum Gasteiger partial charge on any atom is 0.311 e. The van der Waals surface area contributed by atoms with Crippen LogP contribution in [0.4, 0.5) is 11.4 Å². The molecule has 0 spiro atoms. The first-order chi connectivity index (χ1) is 15.9. The second-order valence-corrected chi connectivity index (χ2v) is 7.68. The van der Waals surface area contributed by atoms with Gasteiger partial charge in [0.2, 0.25) is 0 Å². The highest BCUT2D eigenvalue weighted by Crippen LogP contribution is 2.26. The summed E-state index contributed by atoms with van der Waals surface area (Å²) in [5.74, 6) is -0.327. The lowest BCUT2D eigenvalue weighted by Gasteiger charge is -2.06. The Kier molecular flexibility index (Phi) is 6.57. The zero-order valence-corrected chi connectivity index (χ0v) is 18.4. The molecule has 0 radical (unpaired) electrons. The first-order valence-electron chi connectivity index (χ1n) is 9.56. The lowest BCUT2D eigenvalue weighted by molar-refractivity contribution is -0.386. The molecule has 0 fully saturated rings. The van der Waals surface area contributed by atoms with E-state index in [0.29, 0.717) is 22.3 Å². The number of rotatable bonds is 8. The molecule has 0 unspecified atom stereocenters. The summed E-state index contributed by atoms with van der Waals surface area (Å²) in [4.78, 5) is 23.0. The van der Waals surface area contributed by atoms with Crippen molar-refractivity contribution in [2.45, 2.75) is 13.3 Å². The normalized spacial score (nSPS) is 10.7. The number of carbonyl (C=O) groups excluding carboxylic acids is 1. The van der Waals surface area contributed by atoms with Crippen molar-refractivity contribution >= 4 is 40.5 Å². The molecule has 4 aromatic rings. The average molecular weight is 487 g/mol. The third-order valence-corrected chi connectivity index (χ3v) is 5.25. The van der Waals surface area contributed by atoms with Gasteiger partial charge in [0.25, 0.3) is 5.91 Å². The second kappa shape index (κ2) is 9.72. The SMILES string of the molecule is O=C(Nc1cnn(Cc2ccc(Cl)c(Cl)c2)c1)c1ccn(COc2ccccc2[N+](=O)[O-])n1. The molecule has 1 N–H and O–H groups in total. The van der Waals surface area contributed by atoms with Crippen molar-refractivity contribution in [3.8, 4) is 5.75 Å². The molecule has 168 valence electrons. The number of hydrogen-bond donors (Lipinski definition) is 1. The Morgan fingerprint density at radius 1 is 1.12 bits per heavy atom. The van der Waals surface area contributed by atoms with E-state index in [1.807, 2.05) is 6.07 Å². The van der Waals surface area contributed by atoms with Gasteiger partial charge in [-0.1, -0.05) is 41.4 Å². The van der Waals surface area contributed by atoms with E-state index >= 15 is 0 Å². The van der Waals surface area contributed by atoms with Crippen molar-refractivity contribution in [3.63, 3.8) is 0 Å². The number of amides is 1. The Labute approximate surface area is 197 Å². The molecule has 0 saturated heterocycles. The molecule has 2 aromatic heterocycles. The summed E-state index contributed by atoms with van der Waals surface area (Å²) >= 11 is 12.0. The number of anilines is 1. The van der Waals surface area contributed by atoms with E-state index in [9.17, 15) is 14.9 Å². The van der Waals surface area contributed by atoms with Crippen molar-refractivity contribution in [2.24, 2.45) is 0 Å². The number of hydrogen-bond acceptors (Lipinski definition) is 6. The third-order valence-electron chi connectivity index (χ3n) is 4.51. The first kappa shape index (κ1) is 22.3. The summed E-state index contributed by atoms with van der Waals surface area (Å²) in [6, 6.07) is 12.8. The Morgan fingerprint density at radius 3 is 2.73 bits per heavy atom.